The second-order valence-corrected chi connectivity index (χ2v) is 4.32. The van der Waals surface area contributed by atoms with Crippen molar-refractivity contribution in [1.82, 2.24) is 9.97 Å². The molecule has 0 aliphatic heterocycles. The van der Waals surface area contributed by atoms with E-state index < -0.39 is 5.82 Å². The fourth-order valence-corrected chi connectivity index (χ4v) is 1.79. The van der Waals surface area contributed by atoms with Gasteiger partial charge in [0.25, 0.3) is 0 Å². The molecule has 2 aromatic rings. The molecule has 0 spiro atoms. The lowest BCUT2D eigenvalue weighted by molar-refractivity contribution is 0.386. The smallest absolute Gasteiger partial charge is 0.165 e. The maximum absolute atomic E-state index is 13.6. The lowest BCUT2D eigenvalue weighted by Crippen LogP contribution is -1.95. The molecule has 0 aliphatic carbocycles. The zero-order valence-electron chi connectivity index (χ0n) is 9.67. The second-order valence-electron chi connectivity index (χ2n) is 3.60. The van der Waals surface area contributed by atoms with Crippen LogP contribution < -0.4 is 4.74 Å². The number of hydrogen-bond donors (Lipinski definition) is 0. The molecule has 94 valence electrons. The van der Waals surface area contributed by atoms with Crippen molar-refractivity contribution in [2.75, 3.05) is 7.11 Å². The van der Waals surface area contributed by atoms with Crippen molar-refractivity contribution in [3.63, 3.8) is 0 Å². The highest BCUT2D eigenvalue weighted by Gasteiger charge is 2.11. The lowest BCUT2D eigenvalue weighted by atomic mass is 10.2. The van der Waals surface area contributed by atoms with E-state index in [2.05, 4.69) is 9.97 Å². The van der Waals surface area contributed by atoms with Crippen LogP contribution in [0.25, 0.3) is 11.4 Å². The monoisotopic (exact) mass is 286 g/mol. The topological polar surface area (TPSA) is 35.0 Å². The van der Waals surface area contributed by atoms with E-state index in [1.54, 1.807) is 13.0 Å². The summed E-state index contributed by atoms with van der Waals surface area (Å²) in [6.07, 6.45) is 0. The van der Waals surface area contributed by atoms with Crippen molar-refractivity contribution in [2.45, 2.75) is 6.92 Å². The van der Waals surface area contributed by atoms with Gasteiger partial charge in [0.2, 0.25) is 0 Å². The number of halogens is 3. The zero-order valence-corrected chi connectivity index (χ0v) is 11.2. The van der Waals surface area contributed by atoms with E-state index in [1.165, 1.54) is 19.2 Å². The minimum Gasteiger partial charge on any atom is -0.494 e. The van der Waals surface area contributed by atoms with Crippen molar-refractivity contribution in [1.29, 1.82) is 0 Å². The Hall–Kier alpha value is -1.39. The molecule has 0 N–H and O–H groups in total. The van der Waals surface area contributed by atoms with Gasteiger partial charge in [0.15, 0.2) is 17.4 Å². The predicted molar refractivity (Wildman–Crippen MR) is 68.7 cm³/mol. The molecule has 3 nitrogen and oxygen atoms in total. The highest BCUT2D eigenvalue weighted by molar-refractivity contribution is 6.34. The van der Waals surface area contributed by atoms with Crippen LogP contribution in [0.1, 0.15) is 5.56 Å². The van der Waals surface area contributed by atoms with Crippen LogP contribution in [0.3, 0.4) is 0 Å². The number of rotatable bonds is 2. The molecule has 6 heteroatoms. The van der Waals surface area contributed by atoms with E-state index in [-0.39, 0.29) is 21.9 Å². The number of nitrogens with zero attached hydrogens (tertiary/aromatic N) is 2. The molecule has 1 heterocycles. The van der Waals surface area contributed by atoms with Crippen LogP contribution in [-0.4, -0.2) is 17.1 Å². The SMILES string of the molecule is COc1ccc(-c2nc(Cl)c(C)c(Cl)n2)cc1F. The molecule has 0 atom stereocenters. The van der Waals surface area contributed by atoms with Crippen LogP contribution >= 0.6 is 23.2 Å². The van der Waals surface area contributed by atoms with Crippen LogP contribution in [0.15, 0.2) is 18.2 Å². The van der Waals surface area contributed by atoms with E-state index in [0.29, 0.717) is 11.1 Å². The number of hydrogen-bond acceptors (Lipinski definition) is 3. The molecular weight excluding hydrogens is 278 g/mol. The van der Waals surface area contributed by atoms with Crippen LogP contribution in [0.2, 0.25) is 10.3 Å². The van der Waals surface area contributed by atoms with Gasteiger partial charge in [-0.15, -0.1) is 0 Å². The predicted octanol–water partition coefficient (Wildman–Crippen LogP) is 3.91. The highest BCUT2D eigenvalue weighted by Crippen LogP contribution is 2.27. The van der Waals surface area contributed by atoms with E-state index in [9.17, 15) is 4.39 Å². The summed E-state index contributed by atoms with van der Waals surface area (Å²) in [6, 6.07) is 4.41. The van der Waals surface area contributed by atoms with Gasteiger partial charge >= 0.3 is 0 Å². The normalized spacial score (nSPS) is 10.5. The maximum Gasteiger partial charge on any atom is 0.165 e. The average molecular weight is 287 g/mol. The van der Waals surface area contributed by atoms with E-state index in [1.807, 2.05) is 0 Å². The largest absolute Gasteiger partial charge is 0.494 e. The molecule has 1 aromatic heterocycles. The molecule has 0 amide bonds. The highest BCUT2D eigenvalue weighted by atomic mass is 35.5. The minimum atomic E-state index is -0.494. The van der Waals surface area contributed by atoms with Crippen molar-refractivity contribution in [3.8, 4) is 17.1 Å². The summed E-state index contributed by atoms with van der Waals surface area (Å²) in [4.78, 5) is 8.13. The third-order valence-electron chi connectivity index (χ3n) is 2.44. The summed E-state index contributed by atoms with van der Waals surface area (Å²) in [5, 5.41) is 0.502. The molecule has 0 fully saturated rings. The second kappa shape index (κ2) is 5.08. The molecule has 0 unspecified atom stereocenters. The first kappa shape index (κ1) is 13.1. The van der Waals surface area contributed by atoms with Crippen LogP contribution in [0.4, 0.5) is 4.39 Å². The molecule has 0 bridgehead atoms. The van der Waals surface area contributed by atoms with Crippen LogP contribution in [0.5, 0.6) is 5.75 Å². The van der Waals surface area contributed by atoms with Gasteiger partial charge in [-0.3, -0.25) is 0 Å². The van der Waals surface area contributed by atoms with Gasteiger partial charge in [-0.2, -0.15) is 0 Å². The maximum atomic E-state index is 13.6. The van der Waals surface area contributed by atoms with Gasteiger partial charge < -0.3 is 4.74 Å². The van der Waals surface area contributed by atoms with Crippen molar-refractivity contribution in [3.05, 3.63) is 39.9 Å². The minimum absolute atomic E-state index is 0.156. The molecule has 0 saturated heterocycles. The van der Waals surface area contributed by atoms with Gasteiger partial charge in [-0.1, -0.05) is 23.2 Å². The number of ether oxygens (including phenoxy) is 1. The van der Waals surface area contributed by atoms with Gasteiger partial charge in [0, 0.05) is 11.1 Å². The van der Waals surface area contributed by atoms with E-state index in [4.69, 9.17) is 27.9 Å². The summed E-state index contributed by atoms with van der Waals surface area (Å²) in [7, 11) is 1.40. The zero-order chi connectivity index (χ0) is 13.3. The van der Waals surface area contributed by atoms with Crippen LogP contribution in [-0.2, 0) is 0 Å². The molecular formula is C12H9Cl2FN2O. The Morgan fingerprint density at radius 2 is 1.78 bits per heavy atom. The van der Waals surface area contributed by atoms with Gasteiger partial charge in [-0.05, 0) is 25.1 Å². The Morgan fingerprint density at radius 3 is 2.28 bits per heavy atom. The first-order chi connectivity index (χ1) is 8.52. The lowest BCUT2D eigenvalue weighted by Gasteiger charge is -2.06. The summed E-state index contributed by atoms with van der Waals surface area (Å²) in [6.45, 7) is 1.71. The average Bonchev–Trinajstić information content (AvgIpc) is 2.35. The number of aromatic nitrogens is 2. The van der Waals surface area contributed by atoms with Crippen molar-refractivity contribution < 1.29 is 9.13 Å². The Morgan fingerprint density at radius 1 is 1.17 bits per heavy atom. The number of methoxy groups -OCH3 is 1. The molecule has 18 heavy (non-hydrogen) atoms. The fraction of sp³-hybridized carbons (Fsp3) is 0.167. The molecule has 2 rings (SSSR count). The van der Waals surface area contributed by atoms with Crippen molar-refractivity contribution in [2.24, 2.45) is 0 Å². The molecule has 0 saturated carbocycles. The third kappa shape index (κ3) is 2.40. The third-order valence-corrected chi connectivity index (χ3v) is 3.17. The Kier molecular flexibility index (Phi) is 3.68. The standard InChI is InChI=1S/C12H9Cl2FN2O/c1-6-10(13)16-12(17-11(6)14)7-3-4-9(18-2)8(15)5-7/h3-5H,1-2H3. The van der Waals surface area contributed by atoms with Gasteiger partial charge in [0.1, 0.15) is 10.3 Å². The van der Waals surface area contributed by atoms with E-state index >= 15 is 0 Å². The molecule has 0 aliphatic rings. The van der Waals surface area contributed by atoms with Gasteiger partial charge in [0.05, 0.1) is 7.11 Å². The summed E-state index contributed by atoms with van der Waals surface area (Å²) < 4.78 is 18.4. The Labute approximate surface area is 114 Å². The summed E-state index contributed by atoms with van der Waals surface area (Å²) in [5.41, 5.74) is 1.08. The summed E-state index contributed by atoms with van der Waals surface area (Å²) in [5.74, 6) is -0.0633. The molecule has 1 aromatic carbocycles. The first-order valence-corrected chi connectivity index (χ1v) is 5.82. The number of benzene rings is 1. The molecule has 0 radical (unpaired) electrons. The van der Waals surface area contributed by atoms with Gasteiger partial charge in [-0.25, -0.2) is 14.4 Å². The van der Waals surface area contributed by atoms with Crippen LogP contribution in [0, 0.1) is 12.7 Å². The first-order valence-electron chi connectivity index (χ1n) is 5.06. The Bertz CT molecular complexity index is 582. The van der Waals surface area contributed by atoms with E-state index in [0.717, 1.165) is 0 Å². The Balaban J connectivity index is 2.52. The fourth-order valence-electron chi connectivity index (χ4n) is 1.40. The van der Waals surface area contributed by atoms with Crippen molar-refractivity contribution >= 4 is 23.2 Å². The summed E-state index contributed by atoms with van der Waals surface area (Å²) >= 11 is 11.8. The quantitative estimate of drug-likeness (QED) is 0.785.